The topological polar surface area (TPSA) is 64.4 Å². The molecule has 4 nitrogen and oxygen atoms in total. The molecule has 0 aliphatic rings. The predicted molar refractivity (Wildman–Crippen MR) is 83.7 cm³/mol. The third-order valence-electron chi connectivity index (χ3n) is 2.61. The summed E-state index contributed by atoms with van der Waals surface area (Å²) in [6.45, 7) is 1.52. The summed E-state index contributed by atoms with van der Waals surface area (Å²) >= 11 is 5.23. The monoisotopic (exact) mass is 354 g/mol. The first-order valence-corrected chi connectivity index (χ1v) is 7.75. The van der Waals surface area contributed by atoms with Crippen molar-refractivity contribution in [2.75, 3.05) is 6.61 Å². The number of hydrogen-bond acceptors (Lipinski definition) is 4. The quantitative estimate of drug-likeness (QED) is 0.803. The smallest absolute Gasteiger partial charge is 0.255 e. The van der Waals surface area contributed by atoms with E-state index in [1.807, 2.05) is 30.3 Å². The molecule has 0 atom stereocenters. The number of carbonyl (C=O) groups is 1. The number of primary amides is 1. The first-order valence-electron chi connectivity index (χ1n) is 6.08. The first-order chi connectivity index (χ1) is 9.65. The fourth-order valence-corrected chi connectivity index (χ4v) is 3.09. The van der Waals surface area contributed by atoms with Crippen molar-refractivity contribution in [3.8, 4) is 5.75 Å². The lowest BCUT2D eigenvalue weighted by atomic mass is 10.2. The summed E-state index contributed by atoms with van der Waals surface area (Å²) in [5.74, 6) is 0.172. The molecule has 6 heteroatoms. The van der Waals surface area contributed by atoms with Crippen LogP contribution in [0.4, 0.5) is 0 Å². The average Bonchev–Trinajstić information content (AvgIpc) is 2.83. The SMILES string of the molecule is NC(=O)COc1ccc(CNCc2sccc2Br)cc1. The second kappa shape index (κ2) is 7.42. The molecule has 1 aromatic carbocycles. The minimum Gasteiger partial charge on any atom is -0.484 e. The highest BCUT2D eigenvalue weighted by Crippen LogP contribution is 2.22. The zero-order valence-corrected chi connectivity index (χ0v) is 13.2. The normalized spacial score (nSPS) is 10.4. The number of ether oxygens (including phenoxy) is 1. The number of thiophene rings is 1. The number of rotatable bonds is 7. The zero-order chi connectivity index (χ0) is 14.4. The number of halogens is 1. The fraction of sp³-hybridized carbons (Fsp3) is 0.214. The number of hydrogen-bond donors (Lipinski definition) is 2. The highest BCUT2D eigenvalue weighted by molar-refractivity contribution is 9.10. The van der Waals surface area contributed by atoms with Gasteiger partial charge in [-0.1, -0.05) is 12.1 Å². The Morgan fingerprint density at radius 1 is 1.25 bits per heavy atom. The predicted octanol–water partition coefficient (Wildman–Crippen LogP) is 2.66. The van der Waals surface area contributed by atoms with Gasteiger partial charge in [0, 0.05) is 22.4 Å². The van der Waals surface area contributed by atoms with Gasteiger partial charge in [-0.15, -0.1) is 11.3 Å². The molecule has 0 radical (unpaired) electrons. The minimum absolute atomic E-state index is 0.0933. The van der Waals surface area contributed by atoms with Gasteiger partial charge in [-0.05, 0) is 45.1 Å². The third-order valence-corrected chi connectivity index (χ3v) is 4.54. The van der Waals surface area contributed by atoms with Crippen molar-refractivity contribution in [3.63, 3.8) is 0 Å². The van der Waals surface area contributed by atoms with Crippen LogP contribution in [0, 0.1) is 0 Å². The van der Waals surface area contributed by atoms with Crippen molar-refractivity contribution < 1.29 is 9.53 Å². The number of nitrogens with one attached hydrogen (secondary N) is 1. The summed E-state index contributed by atoms with van der Waals surface area (Å²) < 4.78 is 6.35. The van der Waals surface area contributed by atoms with Crippen LogP contribution in [-0.4, -0.2) is 12.5 Å². The van der Waals surface area contributed by atoms with Gasteiger partial charge in [0.2, 0.25) is 0 Å². The van der Waals surface area contributed by atoms with Gasteiger partial charge in [-0.25, -0.2) is 0 Å². The lowest BCUT2D eigenvalue weighted by molar-refractivity contribution is -0.119. The van der Waals surface area contributed by atoms with E-state index >= 15 is 0 Å². The average molecular weight is 355 g/mol. The van der Waals surface area contributed by atoms with Gasteiger partial charge < -0.3 is 15.8 Å². The maximum Gasteiger partial charge on any atom is 0.255 e. The maximum atomic E-state index is 10.6. The third kappa shape index (κ3) is 4.63. The van der Waals surface area contributed by atoms with E-state index in [1.54, 1.807) is 11.3 Å². The molecular weight excluding hydrogens is 340 g/mol. The summed E-state index contributed by atoms with van der Waals surface area (Å²) in [6.07, 6.45) is 0. The van der Waals surface area contributed by atoms with E-state index in [9.17, 15) is 4.79 Å². The van der Waals surface area contributed by atoms with Gasteiger partial charge in [0.05, 0.1) is 0 Å². The van der Waals surface area contributed by atoms with Crippen LogP contribution in [0.5, 0.6) is 5.75 Å². The van der Waals surface area contributed by atoms with Crippen molar-refractivity contribution >= 4 is 33.2 Å². The van der Waals surface area contributed by atoms with Gasteiger partial charge in [0.1, 0.15) is 5.75 Å². The molecule has 0 aliphatic heterocycles. The highest BCUT2D eigenvalue weighted by Gasteiger charge is 2.01. The molecule has 3 N–H and O–H groups in total. The standard InChI is InChI=1S/C14H15BrN2O2S/c15-12-5-6-20-13(12)8-17-7-10-1-3-11(4-2-10)19-9-14(16)18/h1-6,17H,7-9H2,(H2,16,18). The first kappa shape index (κ1) is 15.0. The molecule has 2 rings (SSSR count). The Morgan fingerprint density at radius 2 is 2.00 bits per heavy atom. The number of nitrogens with two attached hydrogens (primary N) is 1. The Kier molecular flexibility index (Phi) is 5.58. The number of amides is 1. The molecule has 1 amide bonds. The van der Waals surface area contributed by atoms with Crippen LogP contribution in [0.3, 0.4) is 0 Å². The fourth-order valence-electron chi connectivity index (χ4n) is 1.63. The van der Waals surface area contributed by atoms with Gasteiger partial charge in [-0.3, -0.25) is 4.79 Å². The highest BCUT2D eigenvalue weighted by atomic mass is 79.9. The molecule has 20 heavy (non-hydrogen) atoms. The second-order valence-corrected chi connectivity index (χ2v) is 6.05. The molecule has 2 aromatic rings. The van der Waals surface area contributed by atoms with Crippen LogP contribution < -0.4 is 15.8 Å². The number of carbonyl (C=O) groups excluding carboxylic acids is 1. The molecule has 0 bridgehead atoms. The Bertz CT molecular complexity index is 569. The van der Waals surface area contributed by atoms with Crippen molar-refractivity contribution in [2.45, 2.75) is 13.1 Å². The van der Waals surface area contributed by atoms with E-state index in [4.69, 9.17) is 10.5 Å². The van der Waals surface area contributed by atoms with Crippen LogP contribution in [0.15, 0.2) is 40.2 Å². The van der Waals surface area contributed by atoms with E-state index in [-0.39, 0.29) is 6.61 Å². The molecule has 0 aliphatic carbocycles. The Balaban J connectivity index is 1.79. The van der Waals surface area contributed by atoms with Crippen molar-refractivity contribution in [1.82, 2.24) is 5.32 Å². The van der Waals surface area contributed by atoms with Crippen molar-refractivity contribution in [3.05, 3.63) is 50.6 Å². The summed E-state index contributed by atoms with van der Waals surface area (Å²) in [6, 6.07) is 9.65. The Morgan fingerprint density at radius 3 is 2.60 bits per heavy atom. The van der Waals surface area contributed by atoms with Crippen LogP contribution >= 0.6 is 27.3 Å². The van der Waals surface area contributed by atoms with Crippen LogP contribution in [0.2, 0.25) is 0 Å². The summed E-state index contributed by atoms with van der Waals surface area (Å²) in [5, 5.41) is 5.44. The van der Waals surface area contributed by atoms with Gasteiger partial charge in [0.25, 0.3) is 5.91 Å². The van der Waals surface area contributed by atoms with Crippen LogP contribution in [-0.2, 0) is 17.9 Å². The molecule has 0 saturated carbocycles. The lowest BCUT2D eigenvalue weighted by Crippen LogP contribution is -2.20. The van der Waals surface area contributed by atoms with Crippen LogP contribution in [0.25, 0.3) is 0 Å². The summed E-state index contributed by atoms with van der Waals surface area (Å²) in [4.78, 5) is 11.9. The van der Waals surface area contributed by atoms with Crippen LogP contribution in [0.1, 0.15) is 10.4 Å². The minimum atomic E-state index is -0.475. The molecular formula is C14H15BrN2O2S. The van der Waals surface area contributed by atoms with E-state index in [0.29, 0.717) is 5.75 Å². The van der Waals surface area contributed by atoms with Gasteiger partial charge in [0.15, 0.2) is 6.61 Å². The Hall–Kier alpha value is -1.37. The summed E-state index contributed by atoms with van der Waals surface area (Å²) in [5.41, 5.74) is 6.17. The Labute approximate surface area is 130 Å². The van der Waals surface area contributed by atoms with Gasteiger partial charge >= 0.3 is 0 Å². The molecule has 0 saturated heterocycles. The van der Waals surface area contributed by atoms with E-state index in [1.165, 1.54) is 4.88 Å². The molecule has 1 aromatic heterocycles. The molecule has 106 valence electrons. The molecule has 0 fully saturated rings. The molecule has 1 heterocycles. The number of benzene rings is 1. The van der Waals surface area contributed by atoms with E-state index in [0.717, 1.165) is 23.1 Å². The maximum absolute atomic E-state index is 10.6. The second-order valence-electron chi connectivity index (χ2n) is 4.19. The van der Waals surface area contributed by atoms with Crippen molar-refractivity contribution in [1.29, 1.82) is 0 Å². The van der Waals surface area contributed by atoms with E-state index in [2.05, 4.69) is 26.6 Å². The van der Waals surface area contributed by atoms with E-state index < -0.39 is 5.91 Å². The lowest BCUT2D eigenvalue weighted by Gasteiger charge is -2.06. The largest absolute Gasteiger partial charge is 0.484 e. The molecule has 0 spiro atoms. The summed E-state index contributed by atoms with van der Waals surface area (Å²) in [7, 11) is 0. The zero-order valence-electron chi connectivity index (χ0n) is 10.8. The molecule has 0 unspecified atom stereocenters. The van der Waals surface area contributed by atoms with Crippen molar-refractivity contribution in [2.24, 2.45) is 5.73 Å². The van der Waals surface area contributed by atoms with Gasteiger partial charge in [-0.2, -0.15) is 0 Å².